The van der Waals surface area contributed by atoms with E-state index in [1.165, 1.54) is 11.8 Å². The highest BCUT2D eigenvalue weighted by Crippen LogP contribution is 2.59. The lowest BCUT2D eigenvalue weighted by Crippen LogP contribution is -2.43. The van der Waals surface area contributed by atoms with Crippen LogP contribution in [-0.4, -0.2) is 17.4 Å². The van der Waals surface area contributed by atoms with Crippen molar-refractivity contribution in [3.05, 3.63) is 64.1 Å². The minimum atomic E-state index is -1.21. The van der Waals surface area contributed by atoms with Crippen LogP contribution in [0.25, 0.3) is 0 Å². The molecule has 4 rings (SSSR count). The van der Waals surface area contributed by atoms with Crippen molar-refractivity contribution in [2.75, 3.05) is 4.90 Å². The monoisotopic (exact) mass is 357 g/mol. The summed E-state index contributed by atoms with van der Waals surface area (Å²) >= 11 is 3.39. The number of amides is 1. The summed E-state index contributed by atoms with van der Waals surface area (Å²) in [6, 6.07) is 14.7. The molecule has 0 bridgehead atoms. The molecule has 2 aromatic rings. The quantitative estimate of drug-likeness (QED) is 0.734. The minimum Gasteiger partial charge on any atom is -0.332 e. The summed E-state index contributed by atoms with van der Waals surface area (Å²) in [5, 5.41) is 0. The van der Waals surface area contributed by atoms with Gasteiger partial charge in [-0.25, -0.2) is 0 Å². The fourth-order valence-electron chi connectivity index (χ4n) is 3.16. The van der Waals surface area contributed by atoms with Gasteiger partial charge in [-0.3, -0.25) is 14.5 Å². The summed E-state index contributed by atoms with van der Waals surface area (Å²) in [4.78, 5) is 26.4. The number of halogens is 1. The molecule has 1 amide bonds. The molecule has 2 aliphatic heterocycles. The molecule has 110 valence electrons. The van der Waals surface area contributed by atoms with Crippen molar-refractivity contribution in [1.29, 1.82) is 0 Å². The number of nitrogens with zero attached hydrogens (tertiary/aromatic N) is 1. The Kier molecular flexibility index (Phi) is 2.80. The summed E-state index contributed by atoms with van der Waals surface area (Å²) in [6.07, 6.45) is -0.426. The highest BCUT2D eigenvalue weighted by atomic mass is 79.9. The van der Waals surface area contributed by atoms with Gasteiger partial charge in [0.2, 0.25) is 17.4 Å². The van der Waals surface area contributed by atoms with E-state index in [4.69, 9.17) is 4.74 Å². The first-order valence-electron chi connectivity index (χ1n) is 6.93. The molecule has 0 aliphatic carbocycles. The summed E-state index contributed by atoms with van der Waals surface area (Å²) in [5.41, 5.74) is 0.844. The van der Waals surface area contributed by atoms with Gasteiger partial charge in [0.1, 0.15) is 6.10 Å². The number of ketones is 1. The molecule has 2 aromatic carbocycles. The first-order chi connectivity index (χ1) is 10.6. The maximum atomic E-state index is 12.8. The first-order valence-corrected chi connectivity index (χ1v) is 7.73. The van der Waals surface area contributed by atoms with Crippen LogP contribution in [0.3, 0.4) is 0 Å². The number of hydrogen-bond acceptors (Lipinski definition) is 3. The van der Waals surface area contributed by atoms with E-state index in [1.807, 2.05) is 30.3 Å². The van der Waals surface area contributed by atoms with Crippen molar-refractivity contribution >= 4 is 33.3 Å². The fraction of sp³-hybridized carbons (Fsp3) is 0.176. The topological polar surface area (TPSA) is 49.9 Å². The van der Waals surface area contributed by atoms with Crippen molar-refractivity contribution < 1.29 is 14.3 Å². The Hall–Kier alpha value is -1.98. The normalized spacial score (nSPS) is 25.5. The molecule has 1 saturated heterocycles. The minimum absolute atomic E-state index is 0.147. The van der Waals surface area contributed by atoms with E-state index in [2.05, 4.69) is 15.9 Å². The van der Waals surface area contributed by atoms with Gasteiger partial charge in [-0.05, 0) is 29.8 Å². The molecule has 5 heteroatoms. The molecule has 0 N–H and O–H groups in total. The van der Waals surface area contributed by atoms with E-state index >= 15 is 0 Å². The molecule has 0 aromatic heterocycles. The van der Waals surface area contributed by atoms with Crippen LogP contribution in [0.5, 0.6) is 0 Å². The van der Waals surface area contributed by atoms with Gasteiger partial charge in [0.15, 0.2) is 0 Å². The van der Waals surface area contributed by atoms with Crippen molar-refractivity contribution in [1.82, 2.24) is 0 Å². The second-order valence-electron chi connectivity index (χ2n) is 5.45. The number of para-hydroxylation sites is 1. The molecule has 1 fully saturated rings. The van der Waals surface area contributed by atoms with E-state index < -0.39 is 11.8 Å². The molecule has 0 saturated carbocycles. The number of rotatable bonds is 1. The number of hydrogen-bond donors (Lipinski definition) is 0. The number of Topliss-reactive ketones (excluding diaryl/α,β-unsaturated/α-hetero) is 1. The Balaban J connectivity index is 1.81. The second-order valence-corrected chi connectivity index (χ2v) is 6.36. The van der Waals surface area contributed by atoms with E-state index in [1.54, 1.807) is 18.2 Å². The number of fused-ring (bicyclic) bond motifs is 1. The smallest absolute Gasteiger partial charge is 0.244 e. The van der Waals surface area contributed by atoms with E-state index in [-0.39, 0.29) is 11.7 Å². The first kappa shape index (κ1) is 13.7. The van der Waals surface area contributed by atoms with Crippen LogP contribution in [0.1, 0.15) is 28.9 Å². The second kappa shape index (κ2) is 4.51. The number of benzene rings is 2. The molecule has 0 radical (unpaired) electrons. The Bertz CT molecular complexity index is 802. The van der Waals surface area contributed by atoms with E-state index in [9.17, 15) is 9.59 Å². The lowest BCUT2D eigenvalue weighted by Gasteiger charge is -2.20. The number of epoxide rings is 1. The predicted octanol–water partition coefficient (Wildman–Crippen LogP) is 3.47. The van der Waals surface area contributed by atoms with Gasteiger partial charge < -0.3 is 4.74 Å². The lowest BCUT2D eigenvalue weighted by molar-refractivity contribution is -0.117. The van der Waals surface area contributed by atoms with Gasteiger partial charge in [-0.15, -0.1) is 0 Å². The van der Waals surface area contributed by atoms with Crippen LogP contribution in [-0.2, 0) is 9.53 Å². The Morgan fingerprint density at radius 3 is 2.55 bits per heavy atom. The van der Waals surface area contributed by atoms with Gasteiger partial charge >= 0.3 is 0 Å². The Morgan fingerprint density at radius 1 is 1.18 bits per heavy atom. The van der Waals surface area contributed by atoms with Gasteiger partial charge in [-0.2, -0.15) is 0 Å². The molecule has 2 heterocycles. The van der Waals surface area contributed by atoms with Crippen molar-refractivity contribution in [2.24, 2.45) is 0 Å². The van der Waals surface area contributed by atoms with E-state index in [0.29, 0.717) is 11.3 Å². The average molecular weight is 358 g/mol. The summed E-state index contributed by atoms with van der Waals surface area (Å²) in [6.45, 7) is 1.46. The van der Waals surface area contributed by atoms with Crippen LogP contribution in [0.4, 0.5) is 5.69 Å². The summed E-state index contributed by atoms with van der Waals surface area (Å²) < 4.78 is 6.75. The molecular formula is C17H12BrNO3. The third-order valence-electron chi connectivity index (χ3n) is 4.13. The lowest BCUT2D eigenvalue weighted by atomic mass is 10.0. The fourth-order valence-corrected chi connectivity index (χ4v) is 3.42. The number of carbonyl (C=O) groups is 2. The van der Waals surface area contributed by atoms with Gasteiger partial charge in [0.05, 0.1) is 5.69 Å². The molecule has 22 heavy (non-hydrogen) atoms. The molecule has 1 spiro atoms. The third kappa shape index (κ3) is 1.66. The molecule has 2 atom stereocenters. The van der Waals surface area contributed by atoms with Crippen LogP contribution in [0, 0.1) is 0 Å². The standard InChI is InChI=1S/C17H12BrNO3/c1-10(20)19-14-5-3-2-4-13(14)15(21)17(19)16(22-17)11-6-8-12(18)9-7-11/h2-9,16H,1H3/t16-,17-/m1/s1. The van der Waals surface area contributed by atoms with Crippen LogP contribution >= 0.6 is 15.9 Å². The van der Waals surface area contributed by atoms with Crippen LogP contribution < -0.4 is 4.90 Å². The van der Waals surface area contributed by atoms with Crippen molar-refractivity contribution in [3.8, 4) is 0 Å². The number of ether oxygens (including phenoxy) is 1. The maximum absolute atomic E-state index is 12.8. The predicted molar refractivity (Wildman–Crippen MR) is 84.6 cm³/mol. The highest BCUT2D eigenvalue weighted by Gasteiger charge is 2.72. The summed E-state index contributed by atoms with van der Waals surface area (Å²) in [5.74, 6) is -0.343. The van der Waals surface area contributed by atoms with Crippen molar-refractivity contribution in [2.45, 2.75) is 18.8 Å². The zero-order chi connectivity index (χ0) is 15.5. The van der Waals surface area contributed by atoms with Gasteiger partial charge in [0, 0.05) is 17.0 Å². The third-order valence-corrected chi connectivity index (χ3v) is 4.66. The number of carbonyl (C=O) groups excluding carboxylic acids is 2. The zero-order valence-electron chi connectivity index (χ0n) is 11.7. The Labute approximate surface area is 135 Å². The molecule has 0 unspecified atom stereocenters. The molecular weight excluding hydrogens is 346 g/mol. The Morgan fingerprint density at radius 2 is 1.86 bits per heavy atom. The van der Waals surface area contributed by atoms with Crippen molar-refractivity contribution in [3.63, 3.8) is 0 Å². The number of anilines is 1. The van der Waals surface area contributed by atoms with Gasteiger partial charge in [-0.1, -0.05) is 40.2 Å². The SMILES string of the molecule is CC(=O)N1c2ccccc2C(=O)[C@]12O[C@@H]2c1ccc(Br)cc1. The van der Waals surface area contributed by atoms with Gasteiger partial charge in [0.25, 0.3) is 0 Å². The zero-order valence-corrected chi connectivity index (χ0v) is 13.3. The maximum Gasteiger partial charge on any atom is 0.244 e. The largest absolute Gasteiger partial charge is 0.332 e. The average Bonchev–Trinajstić information content (AvgIpc) is 3.17. The van der Waals surface area contributed by atoms with Crippen LogP contribution in [0.15, 0.2) is 53.0 Å². The van der Waals surface area contributed by atoms with E-state index in [0.717, 1.165) is 10.0 Å². The summed E-state index contributed by atoms with van der Waals surface area (Å²) in [7, 11) is 0. The highest BCUT2D eigenvalue weighted by molar-refractivity contribution is 9.10. The van der Waals surface area contributed by atoms with Crippen LogP contribution in [0.2, 0.25) is 0 Å². The molecule has 2 aliphatic rings. The molecule has 4 nitrogen and oxygen atoms in total.